The Morgan fingerprint density at radius 3 is 2.21 bits per heavy atom. The number of hydrogen-bond donors (Lipinski definition) is 2. The van der Waals surface area contributed by atoms with E-state index in [2.05, 4.69) is 0 Å². The molecule has 38 heavy (non-hydrogen) atoms. The minimum Gasteiger partial charge on any atom is -0.507 e. The third kappa shape index (κ3) is 4.02. The van der Waals surface area contributed by atoms with Crippen molar-refractivity contribution < 1.29 is 14.6 Å². The molecule has 5 aromatic rings. The lowest BCUT2D eigenvalue weighted by Crippen LogP contribution is -2.19. The minimum absolute atomic E-state index is 0.0404. The Bertz CT molecular complexity index is 1710. The van der Waals surface area contributed by atoms with Gasteiger partial charge in [-0.25, -0.2) is 9.48 Å². The number of benzene rings is 3. The summed E-state index contributed by atoms with van der Waals surface area (Å²) in [5.41, 5.74) is 3.56. The molecule has 2 aromatic heterocycles. The molecule has 0 fully saturated rings. The number of aryl methyl sites for hydroxylation is 1. The van der Waals surface area contributed by atoms with Crippen molar-refractivity contribution in [3.05, 3.63) is 124 Å². The van der Waals surface area contributed by atoms with Gasteiger partial charge in [0.2, 0.25) is 0 Å². The zero-order valence-corrected chi connectivity index (χ0v) is 20.5. The third-order valence-electron chi connectivity index (χ3n) is 6.59. The minimum atomic E-state index is -0.643. The van der Waals surface area contributed by atoms with Gasteiger partial charge in [0, 0.05) is 23.6 Å². The summed E-state index contributed by atoms with van der Waals surface area (Å²) in [4.78, 5) is 12.8. The van der Waals surface area contributed by atoms with Crippen LogP contribution in [0, 0.1) is 6.92 Å². The first-order valence-electron chi connectivity index (χ1n) is 12.2. The van der Waals surface area contributed by atoms with Gasteiger partial charge in [-0.15, -0.1) is 0 Å². The van der Waals surface area contributed by atoms with Gasteiger partial charge in [-0.1, -0.05) is 48.5 Å². The summed E-state index contributed by atoms with van der Waals surface area (Å²) in [6, 6.07) is 27.4. The zero-order valence-electron chi connectivity index (χ0n) is 20.5. The Morgan fingerprint density at radius 1 is 0.868 bits per heavy atom. The Hall–Kier alpha value is -5.11. The lowest BCUT2D eigenvalue weighted by atomic mass is 9.95. The number of aromatic nitrogens is 2. The topological polar surface area (TPSA) is 104 Å². The number of nitrogens with zero attached hydrogens (tertiary/aromatic N) is 4. The van der Waals surface area contributed by atoms with E-state index in [1.807, 2.05) is 77.8 Å². The van der Waals surface area contributed by atoms with Crippen LogP contribution in [0.25, 0.3) is 16.9 Å². The molecule has 2 N–H and O–H groups in total. The number of rotatable bonds is 5. The molecule has 0 radical (unpaired) electrons. The standard InChI is InChI=1S/C30H24N4O4/c1-19-16-27(36)28(30(37)38-19)24-17-25(33(32-24)20-10-4-2-5-11-20)23-18-31-34(21-12-6-3-7-13-21)29(23)22-14-8-9-15-26(22)35/h2-16,18,25,35-36H,17H2,1H3. The van der Waals surface area contributed by atoms with E-state index in [-0.39, 0.29) is 23.1 Å². The van der Waals surface area contributed by atoms with Crippen molar-refractivity contribution in [3.63, 3.8) is 0 Å². The fourth-order valence-electron chi connectivity index (χ4n) is 4.90. The van der Waals surface area contributed by atoms with Crippen molar-refractivity contribution in [2.75, 3.05) is 5.01 Å². The smallest absolute Gasteiger partial charge is 0.348 e. The van der Waals surface area contributed by atoms with Gasteiger partial charge in [0.25, 0.3) is 0 Å². The van der Waals surface area contributed by atoms with Gasteiger partial charge in [-0.3, -0.25) is 5.01 Å². The molecule has 8 heteroatoms. The normalized spacial score (nSPS) is 15.0. The van der Waals surface area contributed by atoms with Crippen molar-refractivity contribution in [1.29, 1.82) is 0 Å². The molecule has 1 unspecified atom stereocenters. The van der Waals surface area contributed by atoms with Crippen LogP contribution in [0.4, 0.5) is 5.69 Å². The van der Waals surface area contributed by atoms with Crippen molar-refractivity contribution in [3.8, 4) is 28.4 Å². The first-order chi connectivity index (χ1) is 18.5. The van der Waals surface area contributed by atoms with Crippen LogP contribution >= 0.6 is 0 Å². The van der Waals surface area contributed by atoms with E-state index in [9.17, 15) is 15.0 Å². The van der Waals surface area contributed by atoms with Crippen LogP contribution < -0.4 is 10.6 Å². The maximum Gasteiger partial charge on any atom is 0.348 e. The van der Waals surface area contributed by atoms with Crippen molar-refractivity contribution in [1.82, 2.24) is 9.78 Å². The maximum absolute atomic E-state index is 12.8. The number of aromatic hydroxyl groups is 2. The summed E-state index contributed by atoms with van der Waals surface area (Å²) >= 11 is 0. The molecule has 6 rings (SSSR count). The summed E-state index contributed by atoms with van der Waals surface area (Å²) in [7, 11) is 0. The number of phenolic OH excluding ortho intramolecular Hbond substituents is 1. The van der Waals surface area contributed by atoms with E-state index >= 15 is 0 Å². The molecule has 1 atom stereocenters. The van der Waals surface area contributed by atoms with E-state index in [4.69, 9.17) is 14.6 Å². The van der Waals surface area contributed by atoms with Crippen LogP contribution in [0.1, 0.15) is 29.3 Å². The quantitative estimate of drug-likeness (QED) is 0.324. The monoisotopic (exact) mass is 504 g/mol. The molecule has 0 spiro atoms. The molecule has 188 valence electrons. The molecule has 8 nitrogen and oxygen atoms in total. The molecule has 0 saturated heterocycles. The fourth-order valence-corrected chi connectivity index (χ4v) is 4.90. The van der Waals surface area contributed by atoms with Crippen LogP contribution in [0.2, 0.25) is 0 Å². The molecular formula is C30H24N4O4. The lowest BCUT2D eigenvalue weighted by molar-refractivity contribution is 0.432. The maximum atomic E-state index is 12.8. The Kier molecular flexibility index (Phi) is 5.76. The van der Waals surface area contributed by atoms with E-state index in [1.54, 1.807) is 29.9 Å². The fraction of sp³-hybridized carbons (Fsp3) is 0.100. The van der Waals surface area contributed by atoms with Gasteiger partial charge in [0.05, 0.1) is 35.0 Å². The van der Waals surface area contributed by atoms with Gasteiger partial charge < -0.3 is 14.6 Å². The van der Waals surface area contributed by atoms with Gasteiger partial charge in [-0.05, 0) is 43.3 Å². The van der Waals surface area contributed by atoms with E-state index in [0.29, 0.717) is 29.2 Å². The van der Waals surface area contributed by atoms with Crippen LogP contribution in [0.15, 0.2) is 112 Å². The van der Waals surface area contributed by atoms with Crippen molar-refractivity contribution in [2.45, 2.75) is 19.4 Å². The van der Waals surface area contributed by atoms with E-state index in [0.717, 1.165) is 16.9 Å². The van der Waals surface area contributed by atoms with Crippen LogP contribution in [0.3, 0.4) is 0 Å². The average molecular weight is 505 g/mol. The highest BCUT2D eigenvalue weighted by Crippen LogP contribution is 2.43. The number of phenols is 1. The molecule has 3 aromatic carbocycles. The highest BCUT2D eigenvalue weighted by Gasteiger charge is 2.36. The van der Waals surface area contributed by atoms with Crippen molar-refractivity contribution >= 4 is 11.4 Å². The highest BCUT2D eigenvalue weighted by molar-refractivity contribution is 6.05. The molecule has 3 heterocycles. The zero-order chi connectivity index (χ0) is 26.2. The molecule has 1 aliphatic rings. The summed E-state index contributed by atoms with van der Waals surface area (Å²) < 4.78 is 7.08. The Labute approximate surface area is 218 Å². The summed E-state index contributed by atoms with van der Waals surface area (Å²) in [5.74, 6) is 0.262. The number of para-hydroxylation sites is 3. The SMILES string of the molecule is Cc1cc(O)c(C2=NN(c3ccccc3)C(c3cnn(-c4ccccc4)c3-c3ccccc3O)C2)c(=O)o1. The second-order valence-electron chi connectivity index (χ2n) is 9.06. The Morgan fingerprint density at radius 2 is 1.53 bits per heavy atom. The second kappa shape index (κ2) is 9.40. The number of hydrazone groups is 1. The lowest BCUT2D eigenvalue weighted by Gasteiger charge is -2.24. The highest BCUT2D eigenvalue weighted by atomic mass is 16.4. The number of anilines is 1. The van der Waals surface area contributed by atoms with Gasteiger partial charge in [-0.2, -0.15) is 10.2 Å². The largest absolute Gasteiger partial charge is 0.507 e. The second-order valence-corrected chi connectivity index (χ2v) is 9.06. The summed E-state index contributed by atoms with van der Waals surface area (Å²) in [6.07, 6.45) is 2.07. The average Bonchev–Trinajstić information content (AvgIpc) is 3.54. The van der Waals surface area contributed by atoms with Crippen molar-refractivity contribution in [2.24, 2.45) is 5.10 Å². The van der Waals surface area contributed by atoms with Crippen LogP contribution in [0.5, 0.6) is 11.5 Å². The van der Waals surface area contributed by atoms with Crippen LogP contribution in [-0.2, 0) is 0 Å². The molecule has 0 aliphatic carbocycles. The molecule has 0 amide bonds. The Balaban J connectivity index is 1.55. The molecular weight excluding hydrogens is 480 g/mol. The summed E-state index contributed by atoms with van der Waals surface area (Å²) in [5, 5.41) is 32.9. The first kappa shape index (κ1) is 23.3. The molecule has 1 aliphatic heterocycles. The van der Waals surface area contributed by atoms with Gasteiger partial charge in [0.15, 0.2) is 0 Å². The van der Waals surface area contributed by atoms with Gasteiger partial charge >= 0.3 is 5.63 Å². The summed E-state index contributed by atoms with van der Waals surface area (Å²) in [6.45, 7) is 1.61. The van der Waals surface area contributed by atoms with Gasteiger partial charge in [0.1, 0.15) is 22.8 Å². The van der Waals surface area contributed by atoms with E-state index < -0.39 is 5.63 Å². The predicted molar refractivity (Wildman–Crippen MR) is 145 cm³/mol. The predicted octanol–water partition coefficient (Wildman–Crippen LogP) is 5.57. The van der Waals surface area contributed by atoms with Crippen LogP contribution in [-0.4, -0.2) is 25.7 Å². The number of hydrogen-bond acceptors (Lipinski definition) is 7. The molecule has 0 bridgehead atoms. The first-order valence-corrected chi connectivity index (χ1v) is 12.2. The molecule has 0 saturated carbocycles. The van der Waals surface area contributed by atoms with E-state index in [1.165, 1.54) is 6.07 Å². The third-order valence-corrected chi connectivity index (χ3v) is 6.59.